The van der Waals surface area contributed by atoms with Crippen LogP contribution >= 0.6 is 0 Å². The Kier molecular flexibility index (Phi) is 2.10. The van der Waals surface area contributed by atoms with Crippen LogP contribution in [0.2, 0.25) is 0 Å². The van der Waals surface area contributed by atoms with E-state index in [1.165, 1.54) is 5.70 Å². The maximum Gasteiger partial charge on any atom is 0.134 e. The number of carbonyl (C=O) groups excluding carboxylic acids is 1. The molecule has 1 heterocycles. The lowest BCUT2D eigenvalue weighted by Gasteiger charge is -2.19. The predicted octanol–water partition coefficient (Wildman–Crippen LogP) is 1.09. The highest BCUT2D eigenvalue weighted by Crippen LogP contribution is 2.11. The summed E-state index contributed by atoms with van der Waals surface area (Å²) in [6.45, 7) is 4.49. The van der Waals surface area contributed by atoms with Crippen LogP contribution in [0, 0.1) is 5.92 Å². The quantitative estimate of drug-likeness (QED) is 0.589. The molecule has 0 amide bonds. The standard InChI is InChI=1S/C8H13NO/c1-6-3-4-8(5-9-6)7(2)10/h3,8-9H,4-5H2,1-2H3. The fraction of sp³-hybridized carbons (Fsp3) is 0.625. The average molecular weight is 139 g/mol. The van der Waals surface area contributed by atoms with Crippen molar-refractivity contribution >= 4 is 5.78 Å². The van der Waals surface area contributed by atoms with Crippen LogP contribution in [-0.2, 0) is 4.79 Å². The number of nitrogens with one attached hydrogen (secondary N) is 1. The second-order valence-electron chi connectivity index (χ2n) is 2.81. The van der Waals surface area contributed by atoms with Crippen LogP contribution in [0.25, 0.3) is 0 Å². The summed E-state index contributed by atoms with van der Waals surface area (Å²) in [4.78, 5) is 10.8. The molecule has 0 saturated heterocycles. The van der Waals surface area contributed by atoms with Crippen molar-refractivity contribution in [3.63, 3.8) is 0 Å². The van der Waals surface area contributed by atoms with Crippen LogP contribution < -0.4 is 5.32 Å². The van der Waals surface area contributed by atoms with Crippen LogP contribution in [0.1, 0.15) is 20.3 Å². The summed E-state index contributed by atoms with van der Waals surface area (Å²) in [5.41, 5.74) is 1.19. The third kappa shape index (κ3) is 1.59. The molecule has 0 aromatic rings. The molecular formula is C8H13NO. The van der Waals surface area contributed by atoms with Gasteiger partial charge in [0.1, 0.15) is 5.78 Å². The number of carbonyl (C=O) groups is 1. The lowest BCUT2D eigenvalue weighted by molar-refractivity contribution is -0.120. The zero-order valence-electron chi connectivity index (χ0n) is 6.48. The summed E-state index contributed by atoms with van der Waals surface area (Å²) >= 11 is 0. The van der Waals surface area contributed by atoms with E-state index in [0.717, 1.165) is 13.0 Å². The number of allylic oxidation sites excluding steroid dienone is 2. The predicted molar refractivity (Wildman–Crippen MR) is 40.5 cm³/mol. The Morgan fingerprint density at radius 2 is 2.50 bits per heavy atom. The smallest absolute Gasteiger partial charge is 0.134 e. The molecule has 1 N–H and O–H groups in total. The van der Waals surface area contributed by atoms with Gasteiger partial charge in [0, 0.05) is 18.2 Å². The minimum Gasteiger partial charge on any atom is -0.388 e. The summed E-state index contributed by atoms with van der Waals surface area (Å²) in [5.74, 6) is 0.500. The first-order valence-corrected chi connectivity index (χ1v) is 3.61. The Bertz CT molecular complexity index is 172. The van der Waals surface area contributed by atoms with Gasteiger partial charge in [-0.05, 0) is 20.3 Å². The summed E-state index contributed by atoms with van der Waals surface area (Å²) in [7, 11) is 0. The van der Waals surface area contributed by atoms with Crippen molar-refractivity contribution in [1.82, 2.24) is 5.32 Å². The van der Waals surface area contributed by atoms with Gasteiger partial charge in [-0.15, -0.1) is 0 Å². The van der Waals surface area contributed by atoms with E-state index in [9.17, 15) is 4.79 Å². The molecule has 0 aromatic heterocycles. The van der Waals surface area contributed by atoms with Gasteiger partial charge in [0.15, 0.2) is 0 Å². The number of ketones is 1. The van der Waals surface area contributed by atoms with Crippen LogP contribution in [0.5, 0.6) is 0 Å². The Hall–Kier alpha value is -0.790. The van der Waals surface area contributed by atoms with Crippen molar-refractivity contribution in [2.75, 3.05) is 6.54 Å². The lowest BCUT2D eigenvalue weighted by atomic mass is 9.98. The number of hydrogen-bond donors (Lipinski definition) is 1. The van der Waals surface area contributed by atoms with E-state index in [-0.39, 0.29) is 11.7 Å². The minimum atomic E-state index is 0.212. The molecule has 1 rings (SSSR count). The molecule has 1 unspecified atom stereocenters. The summed E-state index contributed by atoms with van der Waals surface area (Å²) in [6.07, 6.45) is 2.99. The zero-order chi connectivity index (χ0) is 7.56. The molecule has 2 heteroatoms. The van der Waals surface area contributed by atoms with Gasteiger partial charge in [-0.1, -0.05) is 6.08 Å². The highest BCUT2D eigenvalue weighted by molar-refractivity contribution is 5.78. The maximum atomic E-state index is 10.8. The Morgan fingerprint density at radius 1 is 1.80 bits per heavy atom. The van der Waals surface area contributed by atoms with Gasteiger partial charge in [-0.3, -0.25) is 4.79 Å². The fourth-order valence-electron chi connectivity index (χ4n) is 1.07. The molecule has 0 aliphatic carbocycles. The van der Waals surface area contributed by atoms with Gasteiger partial charge < -0.3 is 5.32 Å². The Labute approximate surface area is 61.3 Å². The van der Waals surface area contributed by atoms with Crippen molar-refractivity contribution in [2.24, 2.45) is 5.92 Å². The molecule has 1 atom stereocenters. The lowest BCUT2D eigenvalue weighted by Crippen LogP contribution is -2.29. The van der Waals surface area contributed by atoms with Crippen LogP contribution in [0.3, 0.4) is 0 Å². The van der Waals surface area contributed by atoms with E-state index in [0.29, 0.717) is 0 Å². The van der Waals surface area contributed by atoms with Gasteiger partial charge in [-0.2, -0.15) is 0 Å². The van der Waals surface area contributed by atoms with Crippen molar-refractivity contribution in [2.45, 2.75) is 20.3 Å². The Morgan fingerprint density at radius 3 is 2.90 bits per heavy atom. The van der Waals surface area contributed by atoms with E-state index in [1.807, 2.05) is 6.92 Å². The first-order valence-electron chi connectivity index (χ1n) is 3.61. The molecule has 2 nitrogen and oxygen atoms in total. The SMILES string of the molecule is CC(=O)C1CC=C(C)NC1. The zero-order valence-corrected chi connectivity index (χ0v) is 6.48. The topological polar surface area (TPSA) is 29.1 Å². The van der Waals surface area contributed by atoms with Crippen molar-refractivity contribution in [3.05, 3.63) is 11.8 Å². The molecule has 10 heavy (non-hydrogen) atoms. The summed E-state index contributed by atoms with van der Waals surface area (Å²) < 4.78 is 0. The molecule has 0 bridgehead atoms. The molecule has 0 spiro atoms. The number of hydrogen-bond acceptors (Lipinski definition) is 2. The first kappa shape index (κ1) is 7.32. The van der Waals surface area contributed by atoms with Gasteiger partial charge in [0.2, 0.25) is 0 Å². The van der Waals surface area contributed by atoms with Crippen molar-refractivity contribution in [3.8, 4) is 0 Å². The molecule has 0 aromatic carbocycles. The second kappa shape index (κ2) is 2.86. The highest BCUT2D eigenvalue weighted by atomic mass is 16.1. The molecule has 0 saturated carbocycles. The average Bonchev–Trinajstić information content (AvgIpc) is 1.88. The van der Waals surface area contributed by atoms with Crippen molar-refractivity contribution in [1.29, 1.82) is 0 Å². The summed E-state index contributed by atoms with van der Waals surface area (Å²) in [5, 5.41) is 3.15. The Balaban J connectivity index is 2.50. The molecule has 1 aliphatic heterocycles. The summed E-state index contributed by atoms with van der Waals surface area (Å²) in [6, 6.07) is 0. The van der Waals surface area contributed by atoms with Gasteiger partial charge in [-0.25, -0.2) is 0 Å². The first-order chi connectivity index (χ1) is 4.70. The molecule has 0 radical (unpaired) electrons. The monoisotopic (exact) mass is 139 g/mol. The van der Waals surface area contributed by atoms with E-state index in [1.54, 1.807) is 6.92 Å². The van der Waals surface area contributed by atoms with Gasteiger partial charge in [0.25, 0.3) is 0 Å². The third-order valence-electron chi connectivity index (χ3n) is 1.91. The van der Waals surface area contributed by atoms with Crippen LogP contribution in [-0.4, -0.2) is 12.3 Å². The van der Waals surface area contributed by atoms with Crippen LogP contribution in [0.15, 0.2) is 11.8 Å². The van der Waals surface area contributed by atoms with E-state index in [4.69, 9.17) is 0 Å². The second-order valence-corrected chi connectivity index (χ2v) is 2.81. The van der Waals surface area contributed by atoms with Crippen LogP contribution in [0.4, 0.5) is 0 Å². The molecule has 0 fully saturated rings. The minimum absolute atomic E-state index is 0.212. The maximum absolute atomic E-state index is 10.8. The number of rotatable bonds is 1. The van der Waals surface area contributed by atoms with Gasteiger partial charge in [0.05, 0.1) is 0 Å². The highest BCUT2D eigenvalue weighted by Gasteiger charge is 2.15. The van der Waals surface area contributed by atoms with E-state index >= 15 is 0 Å². The third-order valence-corrected chi connectivity index (χ3v) is 1.91. The van der Waals surface area contributed by atoms with E-state index < -0.39 is 0 Å². The van der Waals surface area contributed by atoms with Gasteiger partial charge >= 0.3 is 0 Å². The largest absolute Gasteiger partial charge is 0.388 e. The molecular weight excluding hydrogens is 126 g/mol. The molecule has 1 aliphatic rings. The number of Topliss-reactive ketones (excluding diaryl/α,β-unsaturated/α-hetero) is 1. The molecule has 56 valence electrons. The fourth-order valence-corrected chi connectivity index (χ4v) is 1.07. The van der Waals surface area contributed by atoms with Crippen molar-refractivity contribution < 1.29 is 4.79 Å². The normalized spacial score (nSPS) is 25.0. The van der Waals surface area contributed by atoms with E-state index in [2.05, 4.69) is 11.4 Å².